The zero-order valence-electron chi connectivity index (χ0n) is 14.3. The molecule has 0 spiro atoms. The fourth-order valence-electron chi connectivity index (χ4n) is 3.48. The Morgan fingerprint density at radius 1 is 1.10 bits per heavy atom. The van der Waals surface area contributed by atoms with Crippen LogP contribution in [0.1, 0.15) is 64.0 Å². The van der Waals surface area contributed by atoms with Crippen LogP contribution in [0, 0.1) is 25.2 Å². The molecule has 2 rings (SSSR count). The predicted octanol–water partition coefficient (Wildman–Crippen LogP) is 5.42. The van der Waals surface area contributed by atoms with Gasteiger partial charge in [0.25, 0.3) is 0 Å². The number of hydrogen-bond donors (Lipinski definition) is 2. The van der Waals surface area contributed by atoms with Crippen molar-refractivity contribution in [3.63, 3.8) is 0 Å². The molecule has 1 aromatic carbocycles. The highest BCUT2D eigenvalue weighted by molar-refractivity contribution is 5.57. The van der Waals surface area contributed by atoms with Gasteiger partial charge in [-0.25, -0.2) is 0 Å². The van der Waals surface area contributed by atoms with E-state index in [0.717, 1.165) is 17.0 Å². The van der Waals surface area contributed by atoms with Crippen LogP contribution in [0.4, 0.5) is 5.69 Å². The van der Waals surface area contributed by atoms with Crippen LogP contribution in [-0.2, 0) is 0 Å². The van der Waals surface area contributed by atoms with Gasteiger partial charge in [-0.15, -0.1) is 0 Å². The van der Waals surface area contributed by atoms with Crippen molar-refractivity contribution < 1.29 is 5.11 Å². The third-order valence-corrected chi connectivity index (χ3v) is 5.65. The second-order valence-electron chi connectivity index (χ2n) is 7.49. The van der Waals surface area contributed by atoms with Gasteiger partial charge in [0.15, 0.2) is 0 Å². The summed E-state index contributed by atoms with van der Waals surface area (Å²) in [5.74, 6) is 1.26. The van der Waals surface area contributed by atoms with Gasteiger partial charge in [0.1, 0.15) is 5.75 Å². The van der Waals surface area contributed by atoms with Crippen LogP contribution in [0.5, 0.6) is 5.75 Å². The monoisotopic (exact) mass is 289 g/mol. The van der Waals surface area contributed by atoms with Gasteiger partial charge in [-0.05, 0) is 74.1 Å². The zero-order valence-corrected chi connectivity index (χ0v) is 14.3. The summed E-state index contributed by atoms with van der Waals surface area (Å²) in [6, 6.07) is 4.52. The molecule has 0 amide bonds. The lowest BCUT2D eigenvalue weighted by Crippen LogP contribution is -2.32. The van der Waals surface area contributed by atoms with E-state index in [9.17, 15) is 5.11 Å². The van der Waals surface area contributed by atoms with Gasteiger partial charge in [0.2, 0.25) is 0 Å². The van der Waals surface area contributed by atoms with Crippen molar-refractivity contribution in [3.05, 3.63) is 23.3 Å². The summed E-state index contributed by atoms with van der Waals surface area (Å²) in [5.41, 5.74) is 3.75. The van der Waals surface area contributed by atoms with Gasteiger partial charge >= 0.3 is 0 Å². The molecule has 0 aliphatic heterocycles. The summed E-state index contributed by atoms with van der Waals surface area (Å²) in [5, 5.41) is 13.5. The first-order valence-corrected chi connectivity index (χ1v) is 8.40. The first-order valence-electron chi connectivity index (χ1n) is 8.40. The molecule has 0 bridgehead atoms. The summed E-state index contributed by atoms with van der Waals surface area (Å²) in [6.45, 7) is 11.2. The van der Waals surface area contributed by atoms with Crippen LogP contribution < -0.4 is 5.32 Å². The van der Waals surface area contributed by atoms with Gasteiger partial charge < -0.3 is 10.4 Å². The number of hydrogen-bond acceptors (Lipinski definition) is 2. The Morgan fingerprint density at radius 3 is 2.29 bits per heavy atom. The molecule has 1 aromatic rings. The number of phenols is 1. The Balaban J connectivity index is 1.97. The summed E-state index contributed by atoms with van der Waals surface area (Å²) < 4.78 is 0. The molecule has 21 heavy (non-hydrogen) atoms. The van der Waals surface area contributed by atoms with E-state index in [4.69, 9.17) is 0 Å². The minimum Gasteiger partial charge on any atom is -0.508 e. The molecule has 1 saturated carbocycles. The van der Waals surface area contributed by atoms with Crippen LogP contribution in [0.25, 0.3) is 0 Å². The zero-order chi connectivity index (χ0) is 15.6. The maximum Gasteiger partial charge on any atom is 0.118 e. The highest BCUT2D eigenvalue weighted by Gasteiger charge is 2.31. The third-order valence-electron chi connectivity index (χ3n) is 5.65. The van der Waals surface area contributed by atoms with Crippen molar-refractivity contribution in [2.75, 3.05) is 5.32 Å². The second kappa shape index (κ2) is 6.29. The first-order chi connectivity index (χ1) is 9.83. The van der Waals surface area contributed by atoms with E-state index in [1.807, 2.05) is 13.0 Å². The Labute approximate surface area is 130 Å². The molecule has 0 saturated heterocycles. The molecule has 118 valence electrons. The standard InChI is InChI=1S/C19H31NO/c1-6-19(4,5)15-7-9-16(10-8-15)20-17-11-14(3)18(21)12-13(17)2/h11-12,15-16,20-21H,6-10H2,1-5H3. The van der Waals surface area contributed by atoms with E-state index in [-0.39, 0.29) is 0 Å². The fraction of sp³-hybridized carbons (Fsp3) is 0.684. The average molecular weight is 289 g/mol. The van der Waals surface area contributed by atoms with E-state index >= 15 is 0 Å². The molecule has 0 unspecified atom stereocenters. The van der Waals surface area contributed by atoms with Gasteiger partial charge in [-0.1, -0.05) is 27.2 Å². The molecule has 2 nitrogen and oxygen atoms in total. The van der Waals surface area contributed by atoms with Gasteiger partial charge in [-0.2, -0.15) is 0 Å². The van der Waals surface area contributed by atoms with E-state index in [1.165, 1.54) is 37.8 Å². The second-order valence-corrected chi connectivity index (χ2v) is 7.49. The van der Waals surface area contributed by atoms with E-state index in [0.29, 0.717) is 17.2 Å². The van der Waals surface area contributed by atoms with Crippen molar-refractivity contribution in [2.24, 2.45) is 11.3 Å². The van der Waals surface area contributed by atoms with Crippen LogP contribution in [0.2, 0.25) is 0 Å². The minimum absolute atomic E-state index is 0.395. The van der Waals surface area contributed by atoms with Crippen molar-refractivity contribution in [1.29, 1.82) is 0 Å². The van der Waals surface area contributed by atoms with Crippen molar-refractivity contribution in [1.82, 2.24) is 0 Å². The molecular formula is C19H31NO. The lowest BCUT2D eigenvalue weighted by molar-refractivity contribution is 0.147. The first kappa shape index (κ1) is 16.2. The number of aromatic hydroxyl groups is 1. The number of aryl methyl sites for hydroxylation is 2. The Kier molecular flexibility index (Phi) is 4.85. The molecule has 0 heterocycles. The summed E-state index contributed by atoms with van der Waals surface area (Å²) >= 11 is 0. The number of anilines is 1. The molecule has 1 fully saturated rings. The molecule has 2 N–H and O–H groups in total. The highest BCUT2D eigenvalue weighted by Crippen LogP contribution is 2.41. The summed E-state index contributed by atoms with van der Waals surface area (Å²) in [7, 11) is 0. The van der Waals surface area contributed by atoms with Gasteiger partial charge in [0, 0.05) is 11.7 Å². The molecule has 1 aliphatic rings. The van der Waals surface area contributed by atoms with Crippen LogP contribution in [0.3, 0.4) is 0 Å². The lowest BCUT2D eigenvalue weighted by Gasteiger charge is -2.39. The number of rotatable bonds is 4. The minimum atomic E-state index is 0.395. The van der Waals surface area contributed by atoms with Crippen LogP contribution >= 0.6 is 0 Å². The molecular weight excluding hydrogens is 258 g/mol. The fourth-order valence-corrected chi connectivity index (χ4v) is 3.48. The number of nitrogens with one attached hydrogen (secondary N) is 1. The largest absolute Gasteiger partial charge is 0.508 e. The van der Waals surface area contributed by atoms with Gasteiger partial charge in [0.05, 0.1) is 0 Å². The molecule has 0 radical (unpaired) electrons. The molecule has 1 aliphatic carbocycles. The summed E-state index contributed by atoms with van der Waals surface area (Å²) in [6.07, 6.45) is 6.44. The van der Waals surface area contributed by atoms with E-state index in [1.54, 1.807) is 0 Å². The Hall–Kier alpha value is -1.18. The maximum atomic E-state index is 9.75. The lowest BCUT2D eigenvalue weighted by atomic mass is 9.69. The number of benzene rings is 1. The maximum absolute atomic E-state index is 9.75. The van der Waals surface area contributed by atoms with Gasteiger partial charge in [-0.3, -0.25) is 0 Å². The van der Waals surface area contributed by atoms with Crippen LogP contribution in [-0.4, -0.2) is 11.1 Å². The van der Waals surface area contributed by atoms with Crippen molar-refractivity contribution in [3.8, 4) is 5.75 Å². The highest BCUT2D eigenvalue weighted by atomic mass is 16.3. The Bertz CT molecular complexity index is 485. The average Bonchev–Trinajstić information content (AvgIpc) is 2.45. The van der Waals surface area contributed by atoms with Crippen molar-refractivity contribution >= 4 is 5.69 Å². The number of phenolic OH excluding ortho intramolecular Hbond substituents is 1. The SMILES string of the molecule is CCC(C)(C)C1CCC(Nc2cc(C)c(O)cc2C)CC1. The predicted molar refractivity (Wildman–Crippen MR) is 91.0 cm³/mol. The third kappa shape index (κ3) is 3.72. The van der Waals surface area contributed by atoms with E-state index in [2.05, 4.69) is 39.1 Å². The Morgan fingerprint density at radius 2 is 1.71 bits per heavy atom. The quantitative estimate of drug-likeness (QED) is 0.726. The van der Waals surface area contributed by atoms with Crippen molar-refractivity contribution in [2.45, 2.75) is 72.8 Å². The van der Waals surface area contributed by atoms with Crippen LogP contribution in [0.15, 0.2) is 12.1 Å². The topological polar surface area (TPSA) is 32.3 Å². The molecule has 0 atom stereocenters. The molecule has 2 heteroatoms. The molecule has 0 aromatic heterocycles. The smallest absolute Gasteiger partial charge is 0.118 e. The normalized spacial score (nSPS) is 23.1. The van der Waals surface area contributed by atoms with E-state index < -0.39 is 0 Å². The summed E-state index contributed by atoms with van der Waals surface area (Å²) in [4.78, 5) is 0.